The molecule has 1 heterocycles. The van der Waals surface area contributed by atoms with Crippen LogP contribution in [0.2, 0.25) is 0 Å². The maximum atomic E-state index is 8.49. The largest absolute Gasteiger partial charge is 0.276 e. The van der Waals surface area contributed by atoms with Crippen LogP contribution < -0.4 is 5.43 Å². The zero-order valence-electron chi connectivity index (χ0n) is 8.01. The van der Waals surface area contributed by atoms with Crippen LogP contribution in [0.1, 0.15) is 0 Å². The Hall–Kier alpha value is -2.44. The van der Waals surface area contributed by atoms with Gasteiger partial charge in [-0.25, -0.2) is 0 Å². The first-order chi connectivity index (χ1) is 7.83. The molecule has 6 heteroatoms. The van der Waals surface area contributed by atoms with E-state index in [1.807, 2.05) is 17.5 Å². The number of anilines is 1. The van der Waals surface area contributed by atoms with Gasteiger partial charge in [0.15, 0.2) is 0 Å². The van der Waals surface area contributed by atoms with E-state index in [9.17, 15) is 0 Å². The van der Waals surface area contributed by atoms with Gasteiger partial charge in [0.1, 0.15) is 12.1 Å². The molecule has 2 rings (SSSR count). The van der Waals surface area contributed by atoms with Crippen molar-refractivity contribution in [3.63, 3.8) is 0 Å². The third kappa shape index (κ3) is 1.97. The van der Waals surface area contributed by atoms with Gasteiger partial charge in [0, 0.05) is 10.8 Å². The van der Waals surface area contributed by atoms with Crippen LogP contribution in [0.4, 0.5) is 5.69 Å². The van der Waals surface area contributed by atoms with E-state index in [1.54, 1.807) is 18.2 Å². The Bertz CT molecular complexity index is 612. The van der Waals surface area contributed by atoms with E-state index < -0.39 is 0 Å². The van der Waals surface area contributed by atoms with Gasteiger partial charge in [0.05, 0.1) is 11.2 Å². The summed E-state index contributed by atoms with van der Waals surface area (Å²) in [6, 6.07) is 8.84. The third-order valence-corrected chi connectivity index (χ3v) is 2.53. The molecule has 76 valence electrons. The Labute approximate surface area is 95.4 Å². The zero-order valence-corrected chi connectivity index (χ0v) is 8.82. The highest BCUT2D eigenvalue weighted by molar-refractivity contribution is 7.04. The molecule has 0 spiro atoms. The van der Waals surface area contributed by atoms with Gasteiger partial charge in [-0.1, -0.05) is 0 Å². The fraction of sp³-hybridized carbons (Fsp3) is 0. The normalized spacial score (nSPS) is 9.12. The van der Waals surface area contributed by atoms with Crippen LogP contribution in [-0.2, 0) is 0 Å². The highest BCUT2D eigenvalue weighted by Crippen LogP contribution is 2.19. The molecule has 0 radical (unpaired) electrons. The van der Waals surface area contributed by atoms with Crippen LogP contribution >= 0.6 is 11.5 Å². The summed E-state index contributed by atoms with van der Waals surface area (Å²) in [7, 11) is 0. The molecule has 0 atom stereocenters. The number of aromatic nitrogens is 1. The van der Waals surface area contributed by atoms with Gasteiger partial charge in [0.2, 0.25) is 5.71 Å². The van der Waals surface area contributed by atoms with Crippen LogP contribution in [0.5, 0.6) is 0 Å². The van der Waals surface area contributed by atoms with Crippen LogP contribution in [0, 0.1) is 22.7 Å². The molecular weight excluding hydrogens is 222 g/mol. The van der Waals surface area contributed by atoms with Gasteiger partial charge in [-0.2, -0.15) is 20.0 Å². The van der Waals surface area contributed by atoms with Crippen LogP contribution in [0.15, 0.2) is 28.7 Å². The molecule has 0 saturated carbocycles. The van der Waals surface area contributed by atoms with Crippen molar-refractivity contribution < 1.29 is 0 Å². The Balaban J connectivity index is 2.26. The maximum Gasteiger partial charge on any atom is 0.237 e. The molecule has 5 nitrogen and oxygen atoms in total. The molecule has 0 amide bonds. The Morgan fingerprint density at radius 2 is 2.19 bits per heavy atom. The zero-order chi connectivity index (χ0) is 11.4. The van der Waals surface area contributed by atoms with Crippen molar-refractivity contribution in [3.8, 4) is 12.1 Å². The molecule has 0 aliphatic heterocycles. The minimum Gasteiger partial charge on any atom is -0.276 e. The fourth-order valence-corrected chi connectivity index (χ4v) is 1.77. The molecule has 0 fully saturated rings. The van der Waals surface area contributed by atoms with Crippen molar-refractivity contribution in [3.05, 3.63) is 23.6 Å². The number of hydrazone groups is 1. The summed E-state index contributed by atoms with van der Waals surface area (Å²) in [5.74, 6) is 0. The molecule has 0 aliphatic rings. The fourth-order valence-electron chi connectivity index (χ4n) is 1.14. The topological polar surface area (TPSA) is 84.9 Å². The number of fused-ring (bicyclic) bond motifs is 1. The lowest BCUT2D eigenvalue weighted by Gasteiger charge is -1.98. The highest BCUT2D eigenvalue weighted by Gasteiger charge is 1.98. The second-order valence-corrected chi connectivity index (χ2v) is 3.51. The molecule has 1 aromatic carbocycles. The lowest BCUT2D eigenvalue weighted by molar-refractivity contribution is 1.34. The van der Waals surface area contributed by atoms with Gasteiger partial charge >= 0.3 is 0 Å². The Kier molecular flexibility index (Phi) is 2.77. The van der Waals surface area contributed by atoms with E-state index in [0.717, 1.165) is 16.6 Å². The van der Waals surface area contributed by atoms with Gasteiger partial charge in [0.25, 0.3) is 0 Å². The lowest BCUT2D eigenvalue weighted by Crippen LogP contribution is -1.95. The number of hydrogen-bond donors (Lipinski definition) is 1. The summed E-state index contributed by atoms with van der Waals surface area (Å²) in [6.07, 6.45) is 0. The summed E-state index contributed by atoms with van der Waals surface area (Å²) >= 11 is 1.38. The standard InChI is InChI=1S/C10H5N5S/c11-4-9(5-12)14-13-8-1-2-10-7(3-8)6-16-15-10/h1-3,6,13H. The average molecular weight is 227 g/mol. The van der Waals surface area contributed by atoms with Gasteiger partial charge < -0.3 is 0 Å². The number of nitrogens with one attached hydrogen (secondary N) is 1. The van der Waals surface area contributed by atoms with E-state index >= 15 is 0 Å². The van der Waals surface area contributed by atoms with Crippen molar-refractivity contribution in [2.75, 3.05) is 5.43 Å². The second-order valence-electron chi connectivity index (χ2n) is 2.88. The first-order valence-corrected chi connectivity index (χ1v) is 5.15. The molecule has 1 N–H and O–H groups in total. The van der Waals surface area contributed by atoms with E-state index in [2.05, 4.69) is 14.9 Å². The van der Waals surface area contributed by atoms with Crippen molar-refractivity contribution in [1.29, 1.82) is 10.5 Å². The summed E-state index contributed by atoms with van der Waals surface area (Å²) in [5, 5.41) is 23.5. The maximum absolute atomic E-state index is 8.49. The average Bonchev–Trinajstić information content (AvgIpc) is 2.77. The van der Waals surface area contributed by atoms with Crippen molar-refractivity contribution in [2.24, 2.45) is 5.10 Å². The van der Waals surface area contributed by atoms with Gasteiger partial charge in [-0.3, -0.25) is 5.43 Å². The van der Waals surface area contributed by atoms with Crippen LogP contribution in [0.25, 0.3) is 10.9 Å². The number of hydrogen-bond acceptors (Lipinski definition) is 6. The number of benzene rings is 1. The molecule has 0 bridgehead atoms. The van der Waals surface area contributed by atoms with Crippen molar-refractivity contribution >= 4 is 33.8 Å². The van der Waals surface area contributed by atoms with Crippen LogP contribution in [0.3, 0.4) is 0 Å². The van der Waals surface area contributed by atoms with E-state index in [4.69, 9.17) is 10.5 Å². The van der Waals surface area contributed by atoms with Crippen molar-refractivity contribution in [1.82, 2.24) is 4.37 Å². The molecule has 16 heavy (non-hydrogen) atoms. The lowest BCUT2D eigenvalue weighted by atomic mass is 10.2. The number of rotatable bonds is 2. The Morgan fingerprint density at radius 3 is 2.94 bits per heavy atom. The highest BCUT2D eigenvalue weighted by atomic mass is 32.1. The molecule has 0 saturated heterocycles. The summed E-state index contributed by atoms with van der Waals surface area (Å²) in [6.45, 7) is 0. The Morgan fingerprint density at radius 1 is 1.38 bits per heavy atom. The summed E-state index contributed by atoms with van der Waals surface area (Å²) < 4.78 is 4.16. The predicted octanol–water partition coefficient (Wildman–Crippen LogP) is 2.11. The molecule has 0 aliphatic carbocycles. The molecule has 0 unspecified atom stereocenters. The minimum absolute atomic E-state index is 0.205. The quantitative estimate of drug-likeness (QED) is 0.629. The first kappa shape index (κ1) is 10.1. The predicted molar refractivity (Wildman–Crippen MR) is 61.9 cm³/mol. The monoisotopic (exact) mass is 227 g/mol. The minimum atomic E-state index is -0.205. The smallest absolute Gasteiger partial charge is 0.237 e. The SMILES string of the molecule is N#CC(C#N)=NNc1ccc2nscc2c1. The van der Waals surface area contributed by atoms with Gasteiger partial charge in [-0.05, 0) is 29.7 Å². The molecule has 2 aromatic rings. The first-order valence-electron chi connectivity index (χ1n) is 4.31. The summed E-state index contributed by atoms with van der Waals surface area (Å²) in [5.41, 5.74) is 4.08. The molecule has 1 aromatic heterocycles. The van der Waals surface area contributed by atoms with E-state index in [1.165, 1.54) is 11.5 Å². The number of nitrogens with zero attached hydrogens (tertiary/aromatic N) is 4. The second kappa shape index (κ2) is 4.39. The summed E-state index contributed by atoms with van der Waals surface area (Å²) in [4.78, 5) is 0. The molecular formula is C10H5N5S. The van der Waals surface area contributed by atoms with Crippen LogP contribution in [-0.4, -0.2) is 10.1 Å². The van der Waals surface area contributed by atoms with Crippen molar-refractivity contribution in [2.45, 2.75) is 0 Å². The number of nitriles is 2. The van der Waals surface area contributed by atoms with Gasteiger partial charge in [-0.15, -0.1) is 0 Å². The third-order valence-electron chi connectivity index (χ3n) is 1.87. The van der Waals surface area contributed by atoms with E-state index in [-0.39, 0.29) is 5.71 Å². The van der Waals surface area contributed by atoms with E-state index in [0.29, 0.717) is 0 Å².